The van der Waals surface area contributed by atoms with Crippen LogP contribution in [0.15, 0.2) is 60.7 Å². The second kappa shape index (κ2) is 7.77. The highest BCUT2D eigenvalue weighted by Gasteiger charge is 2.29. The Kier molecular flexibility index (Phi) is 5.36. The number of halogens is 2. The Morgan fingerprint density at radius 3 is 2.03 bits per heavy atom. The zero-order valence-electron chi connectivity index (χ0n) is 19.1. The Morgan fingerprint density at radius 2 is 1.38 bits per heavy atom. The molecule has 2 nitrogen and oxygen atoms in total. The zero-order valence-corrected chi connectivity index (χ0v) is 19.1. The van der Waals surface area contributed by atoms with Crippen molar-refractivity contribution in [3.63, 3.8) is 0 Å². The summed E-state index contributed by atoms with van der Waals surface area (Å²) in [6.07, 6.45) is 0. The van der Waals surface area contributed by atoms with Crippen molar-refractivity contribution in [2.24, 2.45) is 0 Å². The maximum absolute atomic E-state index is 15.6. The molecule has 4 aromatic rings. The number of benzene rings is 4. The van der Waals surface area contributed by atoms with E-state index in [4.69, 9.17) is 4.74 Å². The van der Waals surface area contributed by atoms with E-state index in [-0.39, 0.29) is 18.2 Å². The van der Waals surface area contributed by atoms with E-state index in [0.29, 0.717) is 16.3 Å². The van der Waals surface area contributed by atoms with Crippen molar-refractivity contribution in [3.05, 3.63) is 83.4 Å². The Morgan fingerprint density at radius 1 is 0.781 bits per heavy atom. The van der Waals surface area contributed by atoms with Crippen molar-refractivity contribution in [2.75, 3.05) is 6.61 Å². The van der Waals surface area contributed by atoms with Gasteiger partial charge in [0, 0.05) is 16.4 Å². The zero-order chi connectivity index (χ0) is 23.3. The molecule has 166 valence electrons. The van der Waals surface area contributed by atoms with Crippen LogP contribution in [-0.2, 0) is 10.8 Å². The molecule has 0 unspecified atom stereocenters. The van der Waals surface area contributed by atoms with E-state index in [9.17, 15) is 9.50 Å². The van der Waals surface area contributed by atoms with Crippen LogP contribution < -0.4 is 4.74 Å². The third-order valence-electron chi connectivity index (χ3n) is 5.98. The summed E-state index contributed by atoms with van der Waals surface area (Å²) < 4.78 is 36.1. The smallest absolute Gasteiger partial charge is 0.172 e. The second-order valence-electron chi connectivity index (χ2n) is 10.0. The molecule has 0 aliphatic heterocycles. The van der Waals surface area contributed by atoms with Crippen LogP contribution >= 0.6 is 0 Å². The van der Waals surface area contributed by atoms with Gasteiger partial charge in [0.15, 0.2) is 23.1 Å². The Labute approximate surface area is 187 Å². The number of aromatic hydroxyl groups is 1. The summed E-state index contributed by atoms with van der Waals surface area (Å²) in [6, 6.07) is 17.9. The van der Waals surface area contributed by atoms with E-state index >= 15 is 4.39 Å². The van der Waals surface area contributed by atoms with Crippen LogP contribution in [0.5, 0.6) is 11.5 Å². The van der Waals surface area contributed by atoms with Gasteiger partial charge >= 0.3 is 0 Å². The number of phenols is 1. The maximum atomic E-state index is 15.6. The minimum Gasteiger partial charge on any atom is -0.505 e. The molecule has 0 atom stereocenters. The van der Waals surface area contributed by atoms with Crippen LogP contribution in [0.25, 0.3) is 21.5 Å². The number of rotatable bonds is 4. The molecule has 32 heavy (non-hydrogen) atoms. The van der Waals surface area contributed by atoms with Gasteiger partial charge in [0.05, 0.1) is 6.61 Å². The van der Waals surface area contributed by atoms with Gasteiger partial charge in [0.25, 0.3) is 0 Å². The lowest BCUT2D eigenvalue weighted by Gasteiger charge is -2.29. The fourth-order valence-corrected chi connectivity index (χ4v) is 4.36. The van der Waals surface area contributed by atoms with Crippen molar-refractivity contribution >= 4 is 21.5 Å². The molecule has 0 amide bonds. The minimum absolute atomic E-state index is 0.154. The quantitative estimate of drug-likeness (QED) is 0.358. The number of fused-ring (bicyclic) bond motifs is 2. The maximum Gasteiger partial charge on any atom is 0.172 e. The third kappa shape index (κ3) is 3.79. The first kappa shape index (κ1) is 22.1. The standard InChI is InChI=1S/C28H28F2O2/c1-27(2,3)24-18-11-7-6-10-17(18)14-23(26(24)30)32-16-28(4,5)21-15-22(31)25(29)20-13-9-8-12-19(20)21/h6-15,31H,16H2,1-5H3. The van der Waals surface area contributed by atoms with Crippen molar-refractivity contribution in [1.29, 1.82) is 0 Å². The van der Waals surface area contributed by atoms with Crippen LogP contribution in [0.4, 0.5) is 8.78 Å². The highest BCUT2D eigenvalue weighted by atomic mass is 19.1. The SMILES string of the molecule is CC(C)(C)c1c(F)c(OCC(C)(C)c2cc(O)c(F)c3ccccc23)cc2ccccc12. The number of phenolic OH excluding ortho intramolecular Hbond substituents is 1. The van der Waals surface area contributed by atoms with Gasteiger partial charge in [0.2, 0.25) is 0 Å². The van der Waals surface area contributed by atoms with Gasteiger partial charge < -0.3 is 9.84 Å². The lowest BCUT2D eigenvalue weighted by Crippen LogP contribution is -2.27. The monoisotopic (exact) mass is 434 g/mol. The first-order chi connectivity index (χ1) is 15.0. The summed E-state index contributed by atoms with van der Waals surface area (Å²) >= 11 is 0. The molecule has 4 aromatic carbocycles. The molecule has 0 aromatic heterocycles. The van der Waals surface area contributed by atoms with Crippen molar-refractivity contribution in [3.8, 4) is 11.5 Å². The van der Waals surface area contributed by atoms with Gasteiger partial charge in [-0.2, -0.15) is 0 Å². The van der Waals surface area contributed by atoms with E-state index in [1.165, 1.54) is 6.07 Å². The molecule has 0 heterocycles. The van der Waals surface area contributed by atoms with E-state index in [0.717, 1.165) is 16.3 Å². The first-order valence-corrected chi connectivity index (χ1v) is 10.8. The summed E-state index contributed by atoms with van der Waals surface area (Å²) in [7, 11) is 0. The highest BCUT2D eigenvalue weighted by Crippen LogP contribution is 2.39. The van der Waals surface area contributed by atoms with Gasteiger partial charge in [-0.3, -0.25) is 0 Å². The summed E-state index contributed by atoms with van der Waals surface area (Å²) in [6.45, 7) is 9.99. The molecule has 0 aliphatic rings. The largest absolute Gasteiger partial charge is 0.505 e. The topological polar surface area (TPSA) is 29.5 Å². The number of hydrogen-bond donors (Lipinski definition) is 1. The second-order valence-corrected chi connectivity index (χ2v) is 10.0. The van der Waals surface area contributed by atoms with E-state index < -0.39 is 22.4 Å². The third-order valence-corrected chi connectivity index (χ3v) is 5.98. The molecule has 0 spiro atoms. The first-order valence-electron chi connectivity index (χ1n) is 10.8. The average Bonchev–Trinajstić information content (AvgIpc) is 2.73. The van der Waals surface area contributed by atoms with Gasteiger partial charge in [-0.05, 0) is 39.3 Å². The van der Waals surface area contributed by atoms with Gasteiger partial charge in [-0.25, -0.2) is 8.78 Å². The molecular weight excluding hydrogens is 406 g/mol. The van der Waals surface area contributed by atoms with Crippen LogP contribution in [0.2, 0.25) is 0 Å². The van der Waals surface area contributed by atoms with Crippen molar-refractivity contribution in [1.82, 2.24) is 0 Å². The predicted molar refractivity (Wildman–Crippen MR) is 127 cm³/mol. The van der Waals surface area contributed by atoms with E-state index in [1.807, 2.05) is 71.0 Å². The van der Waals surface area contributed by atoms with Crippen molar-refractivity contribution < 1.29 is 18.6 Å². The Hall–Kier alpha value is -3.14. The summed E-state index contributed by atoms with van der Waals surface area (Å²) in [5, 5.41) is 13.0. The van der Waals surface area contributed by atoms with Gasteiger partial charge in [-0.15, -0.1) is 0 Å². The summed E-state index contributed by atoms with van der Waals surface area (Å²) in [4.78, 5) is 0. The van der Waals surface area contributed by atoms with E-state index in [1.54, 1.807) is 18.2 Å². The molecule has 0 fully saturated rings. The number of hydrogen-bond acceptors (Lipinski definition) is 2. The molecule has 0 aliphatic carbocycles. The number of ether oxygens (including phenoxy) is 1. The highest BCUT2D eigenvalue weighted by molar-refractivity contribution is 5.89. The lowest BCUT2D eigenvalue weighted by atomic mass is 9.81. The van der Waals surface area contributed by atoms with Crippen LogP contribution in [-0.4, -0.2) is 11.7 Å². The van der Waals surface area contributed by atoms with Crippen molar-refractivity contribution in [2.45, 2.75) is 45.4 Å². The molecule has 0 bridgehead atoms. The molecule has 1 N–H and O–H groups in total. The Balaban J connectivity index is 1.77. The van der Waals surface area contributed by atoms with Crippen LogP contribution in [0.1, 0.15) is 45.7 Å². The molecule has 0 saturated heterocycles. The molecule has 0 radical (unpaired) electrons. The fourth-order valence-electron chi connectivity index (χ4n) is 4.36. The molecule has 0 saturated carbocycles. The molecule has 4 rings (SSSR count). The minimum atomic E-state index is -0.642. The normalized spacial score (nSPS) is 12.5. The van der Waals surface area contributed by atoms with Gasteiger partial charge in [-0.1, -0.05) is 83.1 Å². The van der Waals surface area contributed by atoms with Crippen LogP contribution in [0.3, 0.4) is 0 Å². The fraction of sp³-hybridized carbons (Fsp3) is 0.286. The summed E-state index contributed by atoms with van der Waals surface area (Å²) in [5.74, 6) is -1.22. The lowest BCUT2D eigenvalue weighted by molar-refractivity contribution is 0.231. The predicted octanol–water partition coefficient (Wildman–Crippen LogP) is 7.63. The molecular formula is C28H28F2O2. The van der Waals surface area contributed by atoms with E-state index in [2.05, 4.69) is 0 Å². The Bertz CT molecular complexity index is 1320. The molecule has 4 heteroatoms. The summed E-state index contributed by atoms with van der Waals surface area (Å²) in [5.41, 5.74) is 0.333. The van der Waals surface area contributed by atoms with Crippen LogP contribution in [0, 0.1) is 11.6 Å². The average molecular weight is 435 g/mol. The van der Waals surface area contributed by atoms with Gasteiger partial charge in [0.1, 0.15) is 0 Å².